The zero-order valence-corrected chi connectivity index (χ0v) is 19.0. The second-order valence-corrected chi connectivity index (χ2v) is 8.95. The third kappa shape index (κ3) is 5.37. The third-order valence-electron chi connectivity index (χ3n) is 5.82. The molecule has 31 heavy (non-hydrogen) atoms. The highest BCUT2D eigenvalue weighted by Gasteiger charge is 2.28. The summed E-state index contributed by atoms with van der Waals surface area (Å²) < 4.78 is 10.6. The first-order chi connectivity index (χ1) is 14.7. The Morgan fingerprint density at radius 3 is 2.16 bits per heavy atom. The molecule has 2 aromatic rings. The number of rotatable bonds is 5. The lowest BCUT2D eigenvalue weighted by Gasteiger charge is -2.31. The average molecular weight is 425 g/mol. The van der Waals surface area contributed by atoms with Gasteiger partial charge in [-0.25, -0.2) is 0 Å². The summed E-state index contributed by atoms with van der Waals surface area (Å²) in [6.45, 7) is 7.59. The van der Waals surface area contributed by atoms with Crippen LogP contribution in [0.4, 0.5) is 5.69 Å². The number of ether oxygens (including phenoxy) is 2. The number of hydrogen-bond acceptors (Lipinski definition) is 4. The molecule has 3 rings (SSSR count). The van der Waals surface area contributed by atoms with Crippen molar-refractivity contribution in [2.24, 2.45) is 5.92 Å². The van der Waals surface area contributed by atoms with Gasteiger partial charge in [0.1, 0.15) is 11.5 Å². The van der Waals surface area contributed by atoms with Crippen LogP contribution in [0.5, 0.6) is 11.5 Å². The number of hydrogen-bond donors (Lipinski definition) is 1. The van der Waals surface area contributed by atoms with Gasteiger partial charge in [0.05, 0.1) is 19.9 Å². The smallest absolute Gasteiger partial charge is 0.253 e. The van der Waals surface area contributed by atoms with Crippen molar-refractivity contribution in [3.05, 3.63) is 53.6 Å². The first kappa shape index (κ1) is 22.7. The van der Waals surface area contributed by atoms with Crippen molar-refractivity contribution in [3.63, 3.8) is 0 Å². The first-order valence-electron chi connectivity index (χ1n) is 10.7. The molecule has 0 aromatic heterocycles. The van der Waals surface area contributed by atoms with Crippen molar-refractivity contribution in [2.75, 3.05) is 32.6 Å². The van der Waals surface area contributed by atoms with E-state index in [4.69, 9.17) is 9.47 Å². The van der Waals surface area contributed by atoms with E-state index in [0.717, 1.165) is 0 Å². The van der Waals surface area contributed by atoms with E-state index in [9.17, 15) is 9.59 Å². The van der Waals surface area contributed by atoms with Crippen LogP contribution in [0.25, 0.3) is 0 Å². The van der Waals surface area contributed by atoms with Gasteiger partial charge in [0.25, 0.3) is 5.91 Å². The van der Waals surface area contributed by atoms with Gasteiger partial charge in [-0.2, -0.15) is 0 Å². The summed E-state index contributed by atoms with van der Waals surface area (Å²) >= 11 is 0. The van der Waals surface area contributed by atoms with Crippen LogP contribution in [-0.4, -0.2) is 44.0 Å². The summed E-state index contributed by atoms with van der Waals surface area (Å²) in [6, 6.07) is 13.1. The summed E-state index contributed by atoms with van der Waals surface area (Å²) in [7, 11) is 3.15. The van der Waals surface area contributed by atoms with Gasteiger partial charge < -0.3 is 19.7 Å². The summed E-state index contributed by atoms with van der Waals surface area (Å²) in [6.07, 6.45) is 1.26. The Kier molecular flexibility index (Phi) is 6.88. The molecule has 0 spiro atoms. The van der Waals surface area contributed by atoms with Crippen molar-refractivity contribution in [1.82, 2.24) is 4.90 Å². The maximum Gasteiger partial charge on any atom is 0.253 e. The molecule has 166 valence electrons. The number of nitrogens with one attached hydrogen (secondary N) is 1. The van der Waals surface area contributed by atoms with Gasteiger partial charge in [-0.3, -0.25) is 9.59 Å². The fourth-order valence-electron chi connectivity index (χ4n) is 3.79. The minimum absolute atomic E-state index is 0.0220. The van der Waals surface area contributed by atoms with E-state index in [1.165, 1.54) is 5.56 Å². The molecule has 1 aliphatic rings. The summed E-state index contributed by atoms with van der Waals surface area (Å²) in [5.41, 5.74) is 2.53. The van der Waals surface area contributed by atoms with Crippen LogP contribution in [0.2, 0.25) is 0 Å². The Labute approximate surface area is 184 Å². The van der Waals surface area contributed by atoms with Crippen LogP contribution in [0, 0.1) is 5.92 Å². The Balaban J connectivity index is 1.59. The van der Waals surface area contributed by atoms with E-state index >= 15 is 0 Å². The van der Waals surface area contributed by atoms with E-state index in [1.807, 2.05) is 29.2 Å². The Morgan fingerprint density at radius 1 is 0.968 bits per heavy atom. The minimum Gasteiger partial charge on any atom is -0.497 e. The lowest BCUT2D eigenvalue weighted by atomic mass is 9.86. The van der Waals surface area contributed by atoms with Crippen LogP contribution >= 0.6 is 0 Å². The molecule has 0 aliphatic carbocycles. The van der Waals surface area contributed by atoms with Crippen LogP contribution in [-0.2, 0) is 10.2 Å². The third-order valence-corrected chi connectivity index (χ3v) is 5.82. The van der Waals surface area contributed by atoms with E-state index in [1.54, 1.807) is 32.4 Å². The lowest BCUT2D eigenvalue weighted by molar-refractivity contribution is -0.121. The molecular formula is C25H32N2O4. The number of carbonyl (C=O) groups excluding carboxylic acids is 2. The van der Waals surface area contributed by atoms with Crippen molar-refractivity contribution < 1.29 is 19.1 Å². The molecule has 1 heterocycles. The molecule has 1 N–H and O–H groups in total. The van der Waals surface area contributed by atoms with Crippen LogP contribution in [0.1, 0.15) is 49.5 Å². The zero-order chi connectivity index (χ0) is 22.6. The molecule has 0 radical (unpaired) electrons. The van der Waals surface area contributed by atoms with Gasteiger partial charge >= 0.3 is 0 Å². The summed E-state index contributed by atoms with van der Waals surface area (Å²) in [4.78, 5) is 27.5. The number of piperidine rings is 1. The van der Waals surface area contributed by atoms with Crippen LogP contribution in [0.3, 0.4) is 0 Å². The predicted octanol–water partition coefficient (Wildman–Crippen LogP) is 4.49. The van der Waals surface area contributed by atoms with Crippen molar-refractivity contribution in [2.45, 2.75) is 39.0 Å². The van der Waals surface area contributed by atoms with E-state index < -0.39 is 0 Å². The molecule has 1 saturated heterocycles. The maximum atomic E-state index is 12.9. The van der Waals surface area contributed by atoms with Crippen molar-refractivity contribution >= 4 is 17.5 Å². The SMILES string of the molecule is COc1ccc(OC)c(NC(=O)C2CCN(C(=O)c3ccc(C(C)(C)C)cc3)CC2)c1. The van der Waals surface area contributed by atoms with E-state index in [-0.39, 0.29) is 23.1 Å². The maximum absolute atomic E-state index is 12.9. The second-order valence-electron chi connectivity index (χ2n) is 8.95. The largest absolute Gasteiger partial charge is 0.497 e. The highest BCUT2D eigenvalue weighted by Crippen LogP contribution is 2.30. The molecule has 0 bridgehead atoms. The topological polar surface area (TPSA) is 67.9 Å². The quantitative estimate of drug-likeness (QED) is 0.768. The molecule has 1 aliphatic heterocycles. The Hall–Kier alpha value is -3.02. The van der Waals surface area contributed by atoms with Crippen LogP contribution < -0.4 is 14.8 Å². The first-order valence-corrected chi connectivity index (χ1v) is 10.7. The number of anilines is 1. The van der Waals surface area contributed by atoms with E-state index in [0.29, 0.717) is 48.7 Å². The fraction of sp³-hybridized carbons (Fsp3) is 0.440. The summed E-state index contributed by atoms with van der Waals surface area (Å²) in [5, 5.41) is 2.95. The molecule has 0 atom stereocenters. The fourth-order valence-corrected chi connectivity index (χ4v) is 3.79. The average Bonchev–Trinajstić information content (AvgIpc) is 2.78. The van der Waals surface area contributed by atoms with Gasteiger partial charge in [0, 0.05) is 30.6 Å². The summed E-state index contributed by atoms with van der Waals surface area (Å²) in [5.74, 6) is 1.04. The van der Waals surface area contributed by atoms with Gasteiger partial charge in [-0.15, -0.1) is 0 Å². The standard InChI is InChI=1S/C25H32N2O4/c1-25(2,3)19-8-6-18(7-9-19)24(29)27-14-12-17(13-15-27)23(28)26-21-16-20(30-4)10-11-22(21)31-5/h6-11,16-17H,12-15H2,1-5H3,(H,26,28). The van der Waals surface area contributed by atoms with Gasteiger partial charge in [-0.05, 0) is 48.1 Å². The highest BCUT2D eigenvalue weighted by atomic mass is 16.5. The normalized spacial score (nSPS) is 14.8. The number of benzene rings is 2. The second kappa shape index (κ2) is 9.41. The number of methoxy groups -OCH3 is 2. The van der Waals surface area contributed by atoms with E-state index in [2.05, 4.69) is 26.1 Å². The monoisotopic (exact) mass is 424 g/mol. The van der Waals surface area contributed by atoms with Gasteiger partial charge in [0.2, 0.25) is 5.91 Å². The molecule has 2 aromatic carbocycles. The van der Waals surface area contributed by atoms with Gasteiger partial charge in [0.15, 0.2) is 0 Å². The molecule has 6 heteroatoms. The molecule has 1 fully saturated rings. The van der Waals surface area contributed by atoms with Crippen molar-refractivity contribution in [1.29, 1.82) is 0 Å². The zero-order valence-electron chi connectivity index (χ0n) is 19.0. The molecule has 0 unspecified atom stereocenters. The molecule has 0 saturated carbocycles. The van der Waals surface area contributed by atoms with Crippen LogP contribution in [0.15, 0.2) is 42.5 Å². The molecule has 6 nitrogen and oxygen atoms in total. The lowest BCUT2D eigenvalue weighted by Crippen LogP contribution is -2.41. The number of amides is 2. The predicted molar refractivity (Wildman–Crippen MR) is 122 cm³/mol. The van der Waals surface area contributed by atoms with Gasteiger partial charge in [-0.1, -0.05) is 32.9 Å². The Morgan fingerprint density at radius 2 is 1.61 bits per heavy atom. The molecule has 2 amide bonds. The number of likely N-dealkylation sites (tertiary alicyclic amines) is 1. The Bertz CT molecular complexity index is 924. The molecular weight excluding hydrogens is 392 g/mol. The van der Waals surface area contributed by atoms with Crippen molar-refractivity contribution in [3.8, 4) is 11.5 Å². The highest BCUT2D eigenvalue weighted by molar-refractivity contribution is 5.96. The number of nitrogens with zero attached hydrogens (tertiary/aromatic N) is 1. The minimum atomic E-state index is -0.150. The number of carbonyl (C=O) groups is 2.